The average molecular weight is 302 g/mol. The van der Waals surface area contributed by atoms with Crippen molar-refractivity contribution in [3.05, 3.63) is 29.6 Å². The minimum Gasteiger partial charge on any atom is -0.444 e. The van der Waals surface area contributed by atoms with Gasteiger partial charge in [0.2, 0.25) is 0 Å². The third kappa shape index (κ3) is 2.85. The largest absolute Gasteiger partial charge is 0.444 e. The molecule has 1 amide bonds. The molecule has 2 unspecified atom stereocenters. The highest BCUT2D eigenvalue weighted by molar-refractivity contribution is 5.98. The molecule has 1 aromatic heterocycles. The van der Waals surface area contributed by atoms with E-state index in [0.29, 0.717) is 18.8 Å². The highest BCUT2D eigenvalue weighted by atomic mass is 16.6. The molecule has 0 radical (unpaired) electrons. The van der Waals surface area contributed by atoms with E-state index in [1.807, 2.05) is 39.8 Å². The third-order valence-corrected chi connectivity index (χ3v) is 4.32. The number of piperidine rings is 1. The number of nitrogens with zero attached hydrogens (tertiary/aromatic N) is 2. The van der Waals surface area contributed by atoms with Gasteiger partial charge in [-0.15, -0.1) is 0 Å². The van der Waals surface area contributed by atoms with Crippen LogP contribution in [0.15, 0.2) is 18.3 Å². The molecule has 0 N–H and O–H groups in total. The molecule has 0 aromatic carbocycles. The van der Waals surface area contributed by atoms with Gasteiger partial charge < -0.3 is 9.64 Å². The molecule has 5 heteroatoms. The molecule has 1 aliphatic carbocycles. The van der Waals surface area contributed by atoms with E-state index in [1.165, 1.54) is 0 Å². The lowest BCUT2D eigenvalue weighted by atomic mass is 10.1. The average Bonchev–Trinajstić information content (AvgIpc) is 2.89. The summed E-state index contributed by atoms with van der Waals surface area (Å²) in [5.41, 5.74) is 1.10. The van der Waals surface area contributed by atoms with E-state index in [9.17, 15) is 9.59 Å². The monoisotopic (exact) mass is 302 g/mol. The lowest BCUT2D eigenvalue weighted by molar-refractivity contribution is 0.0263. The zero-order valence-corrected chi connectivity index (χ0v) is 13.5. The molecular weight excluding hydrogens is 280 g/mol. The van der Waals surface area contributed by atoms with E-state index in [-0.39, 0.29) is 29.6 Å². The zero-order valence-electron chi connectivity index (χ0n) is 13.5. The van der Waals surface area contributed by atoms with Crippen molar-refractivity contribution in [2.75, 3.05) is 13.1 Å². The van der Waals surface area contributed by atoms with Crippen molar-refractivity contribution in [3.63, 3.8) is 0 Å². The number of amides is 1. The number of aromatic nitrogens is 1. The second-order valence-corrected chi connectivity index (χ2v) is 7.32. The number of hydrogen-bond acceptors (Lipinski definition) is 4. The number of aryl methyl sites for hydroxylation is 1. The number of Topliss-reactive ketones (excluding diaryl/α,β-unsaturated/α-hetero) is 1. The number of carbonyl (C=O) groups excluding carboxylic acids is 2. The van der Waals surface area contributed by atoms with E-state index in [1.54, 1.807) is 11.1 Å². The fraction of sp³-hybridized carbons (Fsp3) is 0.588. The molecule has 1 saturated heterocycles. The molecule has 0 bridgehead atoms. The van der Waals surface area contributed by atoms with Gasteiger partial charge in [-0.2, -0.15) is 0 Å². The van der Waals surface area contributed by atoms with Crippen LogP contribution in [0, 0.1) is 24.7 Å². The lowest BCUT2D eigenvalue weighted by Crippen LogP contribution is -2.37. The Balaban J connectivity index is 1.59. The molecular formula is C17H22N2O3. The second-order valence-electron chi connectivity index (χ2n) is 7.32. The summed E-state index contributed by atoms with van der Waals surface area (Å²) in [5, 5.41) is 0. The third-order valence-electron chi connectivity index (χ3n) is 4.32. The second kappa shape index (κ2) is 5.07. The summed E-state index contributed by atoms with van der Waals surface area (Å²) >= 11 is 0. The van der Waals surface area contributed by atoms with E-state index < -0.39 is 5.60 Å². The smallest absolute Gasteiger partial charge is 0.410 e. The molecule has 3 rings (SSSR count). The Morgan fingerprint density at radius 3 is 2.45 bits per heavy atom. The van der Waals surface area contributed by atoms with E-state index in [4.69, 9.17) is 4.74 Å². The van der Waals surface area contributed by atoms with Gasteiger partial charge in [0.1, 0.15) is 11.3 Å². The number of ketones is 1. The summed E-state index contributed by atoms with van der Waals surface area (Å²) in [5.74, 6) is 0.667. The fourth-order valence-electron chi connectivity index (χ4n) is 3.23. The molecule has 2 aliphatic rings. The summed E-state index contributed by atoms with van der Waals surface area (Å²) in [6, 6.07) is 3.72. The maximum absolute atomic E-state index is 12.5. The molecule has 5 nitrogen and oxygen atoms in total. The summed E-state index contributed by atoms with van der Waals surface area (Å²) in [6.07, 6.45) is 1.40. The Morgan fingerprint density at radius 1 is 1.27 bits per heavy atom. The van der Waals surface area contributed by atoms with Crippen molar-refractivity contribution in [3.8, 4) is 0 Å². The first-order chi connectivity index (χ1) is 10.3. The summed E-state index contributed by atoms with van der Waals surface area (Å²) in [4.78, 5) is 30.4. The predicted molar refractivity (Wildman–Crippen MR) is 81.6 cm³/mol. The minimum atomic E-state index is -0.482. The van der Waals surface area contributed by atoms with Crippen molar-refractivity contribution in [2.24, 2.45) is 17.8 Å². The van der Waals surface area contributed by atoms with Gasteiger partial charge in [-0.05, 0) is 57.2 Å². The van der Waals surface area contributed by atoms with Gasteiger partial charge in [-0.25, -0.2) is 4.79 Å². The van der Waals surface area contributed by atoms with Crippen LogP contribution >= 0.6 is 0 Å². The lowest BCUT2D eigenvalue weighted by Gasteiger charge is -2.25. The van der Waals surface area contributed by atoms with Crippen LogP contribution in [0.2, 0.25) is 0 Å². The van der Waals surface area contributed by atoms with Crippen LogP contribution in [-0.4, -0.2) is 40.5 Å². The Bertz CT molecular complexity index is 609. The Hall–Kier alpha value is -1.91. The number of likely N-dealkylation sites (tertiary alicyclic amines) is 1. The summed E-state index contributed by atoms with van der Waals surface area (Å²) < 4.78 is 5.38. The topological polar surface area (TPSA) is 59.5 Å². The number of carbonyl (C=O) groups is 2. The van der Waals surface area contributed by atoms with Crippen molar-refractivity contribution >= 4 is 11.9 Å². The van der Waals surface area contributed by atoms with Crippen LogP contribution in [0.5, 0.6) is 0 Å². The highest BCUT2D eigenvalue weighted by Gasteiger charge is 2.60. The molecule has 2 fully saturated rings. The number of ether oxygens (including phenoxy) is 1. The first-order valence-electron chi connectivity index (χ1n) is 7.71. The molecule has 118 valence electrons. The Labute approximate surface area is 130 Å². The normalized spacial score (nSPS) is 26.5. The minimum absolute atomic E-state index is 0.0213. The van der Waals surface area contributed by atoms with Crippen molar-refractivity contribution in [1.29, 1.82) is 0 Å². The van der Waals surface area contributed by atoms with Gasteiger partial charge in [0, 0.05) is 25.2 Å². The van der Waals surface area contributed by atoms with Gasteiger partial charge in [-0.1, -0.05) is 0 Å². The van der Waals surface area contributed by atoms with E-state index in [0.717, 1.165) is 5.56 Å². The fourth-order valence-corrected chi connectivity index (χ4v) is 3.23. The predicted octanol–water partition coefficient (Wildman–Crippen LogP) is 2.69. The molecule has 1 aliphatic heterocycles. The van der Waals surface area contributed by atoms with Gasteiger partial charge in [-0.3, -0.25) is 9.78 Å². The molecule has 0 spiro atoms. The first kappa shape index (κ1) is 15.0. The summed E-state index contributed by atoms with van der Waals surface area (Å²) in [7, 11) is 0. The molecule has 2 heterocycles. The van der Waals surface area contributed by atoms with Crippen molar-refractivity contribution in [1.82, 2.24) is 9.88 Å². The molecule has 22 heavy (non-hydrogen) atoms. The number of pyridine rings is 1. The zero-order chi connectivity index (χ0) is 16.1. The van der Waals surface area contributed by atoms with Gasteiger partial charge in [0.25, 0.3) is 0 Å². The van der Waals surface area contributed by atoms with Crippen LogP contribution in [0.3, 0.4) is 0 Å². The number of fused-ring (bicyclic) bond motifs is 1. The molecule has 1 aromatic rings. The highest BCUT2D eigenvalue weighted by Crippen LogP contribution is 2.53. The maximum Gasteiger partial charge on any atom is 0.410 e. The first-order valence-corrected chi connectivity index (χ1v) is 7.71. The van der Waals surface area contributed by atoms with Gasteiger partial charge in [0.15, 0.2) is 5.78 Å². The standard InChI is InChI=1S/C17H22N2O3/c1-10-5-6-18-13(7-10)15(20)14-11-8-19(9-12(11)14)16(21)22-17(2,3)4/h5-7,11-12,14H,8-9H2,1-4H3/t11-,12?,14?/m1/s1. The van der Waals surface area contributed by atoms with E-state index >= 15 is 0 Å². The van der Waals surface area contributed by atoms with E-state index in [2.05, 4.69) is 4.98 Å². The maximum atomic E-state index is 12.5. The SMILES string of the molecule is Cc1ccnc(C(=O)C2C3CN(C(=O)OC(C)(C)C)C[C@H]32)c1. The van der Waals surface area contributed by atoms with Gasteiger partial charge in [0.05, 0.1) is 0 Å². The van der Waals surface area contributed by atoms with Crippen LogP contribution < -0.4 is 0 Å². The number of hydrogen-bond donors (Lipinski definition) is 0. The molecule has 1 saturated carbocycles. The molecule has 3 atom stereocenters. The number of rotatable bonds is 2. The van der Waals surface area contributed by atoms with Crippen LogP contribution in [0.4, 0.5) is 4.79 Å². The van der Waals surface area contributed by atoms with Crippen molar-refractivity contribution < 1.29 is 14.3 Å². The summed E-state index contributed by atoms with van der Waals surface area (Å²) in [6.45, 7) is 8.76. The van der Waals surface area contributed by atoms with Crippen LogP contribution in [-0.2, 0) is 4.74 Å². The van der Waals surface area contributed by atoms with Crippen molar-refractivity contribution in [2.45, 2.75) is 33.3 Å². The Kier molecular flexibility index (Phi) is 3.46. The van der Waals surface area contributed by atoms with Crippen LogP contribution in [0.1, 0.15) is 36.8 Å². The quantitative estimate of drug-likeness (QED) is 0.788. The van der Waals surface area contributed by atoms with Crippen LogP contribution in [0.25, 0.3) is 0 Å². The van der Waals surface area contributed by atoms with Gasteiger partial charge >= 0.3 is 6.09 Å². The Morgan fingerprint density at radius 2 is 1.91 bits per heavy atom.